The topological polar surface area (TPSA) is 74.6 Å². The van der Waals surface area contributed by atoms with Crippen LogP contribution >= 0.6 is 0 Å². The molecular formula is C24H36O4. The van der Waals surface area contributed by atoms with Gasteiger partial charge in [-0.25, -0.2) is 9.59 Å². The minimum Gasteiger partial charge on any atom is -0.478 e. The molecule has 28 heavy (non-hydrogen) atoms. The van der Waals surface area contributed by atoms with Crippen LogP contribution in [0.2, 0.25) is 0 Å². The third kappa shape index (κ3) is 9.72. The minimum absolute atomic E-state index is 0.138. The van der Waals surface area contributed by atoms with Crippen LogP contribution in [-0.2, 0) is 0 Å². The van der Waals surface area contributed by atoms with Crippen molar-refractivity contribution in [2.24, 2.45) is 0 Å². The summed E-state index contributed by atoms with van der Waals surface area (Å²) in [5.74, 6) is -2.42. The third-order valence-corrected chi connectivity index (χ3v) is 5.06. The molecule has 0 saturated heterocycles. The van der Waals surface area contributed by atoms with E-state index in [1.165, 1.54) is 76.7 Å². The maximum absolute atomic E-state index is 11.4. The van der Waals surface area contributed by atoms with Crippen LogP contribution in [0.25, 0.3) is 6.08 Å². The van der Waals surface area contributed by atoms with Gasteiger partial charge in [0.2, 0.25) is 0 Å². The van der Waals surface area contributed by atoms with Gasteiger partial charge in [-0.2, -0.15) is 0 Å². The van der Waals surface area contributed by atoms with Gasteiger partial charge in [-0.15, -0.1) is 0 Å². The molecule has 4 nitrogen and oxygen atoms in total. The third-order valence-electron chi connectivity index (χ3n) is 5.06. The van der Waals surface area contributed by atoms with Crippen molar-refractivity contribution >= 4 is 18.0 Å². The van der Waals surface area contributed by atoms with Crippen molar-refractivity contribution in [1.29, 1.82) is 0 Å². The lowest BCUT2D eigenvalue weighted by molar-refractivity contribution is 0.0651. The highest BCUT2D eigenvalue weighted by Gasteiger charge is 2.18. The molecule has 0 aliphatic rings. The van der Waals surface area contributed by atoms with Crippen molar-refractivity contribution in [1.82, 2.24) is 0 Å². The van der Waals surface area contributed by atoms with E-state index in [1.54, 1.807) is 18.2 Å². The first-order valence-electron chi connectivity index (χ1n) is 10.8. The highest BCUT2D eigenvalue weighted by Crippen LogP contribution is 2.18. The van der Waals surface area contributed by atoms with E-state index in [0.29, 0.717) is 5.56 Å². The van der Waals surface area contributed by atoms with Gasteiger partial charge in [0.25, 0.3) is 0 Å². The van der Waals surface area contributed by atoms with Crippen LogP contribution in [0.5, 0.6) is 0 Å². The van der Waals surface area contributed by atoms with Gasteiger partial charge in [-0.1, -0.05) is 102 Å². The first-order valence-corrected chi connectivity index (χ1v) is 10.8. The standard InChI is InChI=1S/C24H36O4/c1-2-3-4-5-6-7-8-9-10-11-12-13-14-15-17-20-18-16-19-21(23(25)26)22(20)24(27)28/h15-19H,2-14H2,1H3,(H,25,26)(H,27,28)/b17-15+. The molecule has 0 fully saturated rings. The van der Waals surface area contributed by atoms with Gasteiger partial charge in [0, 0.05) is 0 Å². The number of hydrogen-bond acceptors (Lipinski definition) is 2. The summed E-state index contributed by atoms with van der Waals surface area (Å²) in [4.78, 5) is 22.6. The van der Waals surface area contributed by atoms with E-state index in [-0.39, 0.29) is 11.1 Å². The number of allylic oxidation sites excluding steroid dienone is 1. The Kier molecular flexibility index (Phi) is 12.7. The molecule has 0 spiro atoms. The quantitative estimate of drug-likeness (QED) is 0.294. The number of benzene rings is 1. The largest absolute Gasteiger partial charge is 0.478 e. The summed E-state index contributed by atoms with van der Waals surface area (Å²) >= 11 is 0. The van der Waals surface area contributed by atoms with Crippen molar-refractivity contribution in [3.63, 3.8) is 0 Å². The van der Waals surface area contributed by atoms with E-state index in [4.69, 9.17) is 5.11 Å². The van der Waals surface area contributed by atoms with Crippen LogP contribution in [0, 0.1) is 0 Å². The Bertz CT molecular complexity index is 619. The fourth-order valence-corrected chi connectivity index (χ4v) is 3.44. The fourth-order valence-electron chi connectivity index (χ4n) is 3.44. The highest BCUT2D eigenvalue weighted by molar-refractivity contribution is 6.04. The van der Waals surface area contributed by atoms with Gasteiger partial charge in [0.15, 0.2) is 0 Å². The van der Waals surface area contributed by atoms with Crippen molar-refractivity contribution in [3.8, 4) is 0 Å². The number of carboxylic acids is 2. The number of rotatable bonds is 16. The van der Waals surface area contributed by atoms with Gasteiger partial charge in [0.05, 0.1) is 11.1 Å². The van der Waals surface area contributed by atoms with Crippen LogP contribution in [0.15, 0.2) is 24.3 Å². The molecule has 0 unspecified atom stereocenters. The van der Waals surface area contributed by atoms with Gasteiger partial charge >= 0.3 is 11.9 Å². The smallest absolute Gasteiger partial charge is 0.337 e. The number of unbranched alkanes of at least 4 members (excludes halogenated alkanes) is 12. The van der Waals surface area contributed by atoms with Crippen molar-refractivity contribution in [2.75, 3.05) is 0 Å². The van der Waals surface area contributed by atoms with E-state index in [1.807, 2.05) is 6.08 Å². The number of hydrogen-bond donors (Lipinski definition) is 2. The van der Waals surface area contributed by atoms with Gasteiger partial charge < -0.3 is 10.2 Å². The molecule has 1 rings (SSSR count). The Morgan fingerprint density at radius 2 is 1.32 bits per heavy atom. The summed E-state index contributed by atoms with van der Waals surface area (Å²) in [7, 11) is 0. The number of aromatic carboxylic acids is 2. The Hall–Kier alpha value is -2.10. The summed E-state index contributed by atoms with van der Waals surface area (Å²) in [5, 5.41) is 18.5. The highest BCUT2D eigenvalue weighted by atomic mass is 16.4. The van der Waals surface area contributed by atoms with Crippen molar-refractivity contribution in [2.45, 2.75) is 90.4 Å². The van der Waals surface area contributed by atoms with E-state index >= 15 is 0 Å². The first kappa shape index (κ1) is 23.9. The molecule has 1 aromatic rings. The summed E-state index contributed by atoms with van der Waals surface area (Å²) in [6.07, 6.45) is 20.3. The van der Waals surface area contributed by atoms with E-state index in [2.05, 4.69) is 6.92 Å². The molecular weight excluding hydrogens is 352 g/mol. The molecule has 0 atom stereocenters. The summed E-state index contributed by atoms with van der Waals surface area (Å²) < 4.78 is 0. The van der Waals surface area contributed by atoms with Gasteiger partial charge in [-0.3, -0.25) is 0 Å². The predicted molar refractivity (Wildman–Crippen MR) is 115 cm³/mol. The maximum atomic E-state index is 11.4. The van der Waals surface area contributed by atoms with Crippen molar-refractivity contribution < 1.29 is 19.8 Å². The minimum atomic E-state index is -1.21. The molecule has 1 aromatic carbocycles. The Balaban J connectivity index is 2.19. The molecule has 0 aromatic heterocycles. The molecule has 156 valence electrons. The number of carboxylic acid groups (broad SMARTS) is 2. The second-order valence-corrected chi connectivity index (χ2v) is 7.46. The van der Waals surface area contributed by atoms with E-state index < -0.39 is 11.9 Å². The monoisotopic (exact) mass is 388 g/mol. The normalized spacial score (nSPS) is 11.2. The maximum Gasteiger partial charge on any atom is 0.337 e. The molecule has 0 aliphatic heterocycles. The lowest BCUT2D eigenvalue weighted by atomic mass is 10.00. The zero-order chi connectivity index (χ0) is 20.6. The average molecular weight is 389 g/mol. The molecule has 0 bridgehead atoms. The summed E-state index contributed by atoms with van der Waals surface area (Å²) in [5.41, 5.74) is 0.146. The second-order valence-electron chi connectivity index (χ2n) is 7.46. The van der Waals surface area contributed by atoms with E-state index in [0.717, 1.165) is 12.8 Å². The second kappa shape index (κ2) is 14.9. The Labute approximate surface area is 169 Å². The average Bonchev–Trinajstić information content (AvgIpc) is 2.67. The van der Waals surface area contributed by atoms with Crippen LogP contribution in [-0.4, -0.2) is 22.2 Å². The van der Waals surface area contributed by atoms with Crippen LogP contribution in [0.3, 0.4) is 0 Å². The van der Waals surface area contributed by atoms with E-state index in [9.17, 15) is 14.7 Å². The molecule has 0 radical (unpaired) electrons. The van der Waals surface area contributed by atoms with Gasteiger partial charge in [-0.05, 0) is 24.5 Å². The zero-order valence-electron chi connectivity index (χ0n) is 17.3. The van der Waals surface area contributed by atoms with Crippen LogP contribution in [0.1, 0.15) is 117 Å². The predicted octanol–water partition coefficient (Wildman–Crippen LogP) is 7.19. The molecule has 0 aliphatic carbocycles. The fraction of sp³-hybridized carbons (Fsp3) is 0.583. The zero-order valence-corrected chi connectivity index (χ0v) is 17.3. The first-order chi connectivity index (χ1) is 13.6. The summed E-state index contributed by atoms with van der Waals surface area (Å²) in [6, 6.07) is 4.56. The van der Waals surface area contributed by atoms with Gasteiger partial charge in [0.1, 0.15) is 0 Å². The summed E-state index contributed by atoms with van der Waals surface area (Å²) in [6.45, 7) is 2.25. The SMILES string of the molecule is CCCCCCCCCCCCCC/C=C/c1cccc(C(=O)O)c1C(=O)O. The molecule has 2 N–H and O–H groups in total. The Morgan fingerprint density at radius 1 is 0.786 bits per heavy atom. The van der Waals surface area contributed by atoms with Crippen LogP contribution < -0.4 is 0 Å². The molecule has 0 amide bonds. The molecule has 4 heteroatoms. The van der Waals surface area contributed by atoms with Crippen LogP contribution in [0.4, 0.5) is 0 Å². The molecule has 0 saturated carbocycles. The lowest BCUT2D eigenvalue weighted by Gasteiger charge is -2.05. The Morgan fingerprint density at radius 3 is 1.82 bits per heavy atom. The lowest BCUT2D eigenvalue weighted by Crippen LogP contribution is -2.09. The number of carbonyl (C=O) groups is 2. The molecule has 0 heterocycles. The van der Waals surface area contributed by atoms with Crippen molar-refractivity contribution in [3.05, 3.63) is 41.0 Å².